The number of carbonyl (C=O) groups is 1. The molecule has 2 aromatic rings. The molecule has 0 bridgehead atoms. The standard InChI is InChI=1S/C18H22N2O4S/c1-12-7-14(22-2)3-4-15(12)18(21)20-16-5-6-23-9-17(16)24-8-13-10-25-11-19-13/h3-4,7,10-11,16-17H,5-6,8-9H2,1-2H3,(H,20,21)/t16-,17-/m1/s1. The van der Waals surface area contributed by atoms with Gasteiger partial charge in [0.1, 0.15) is 11.9 Å². The fourth-order valence-corrected chi connectivity index (χ4v) is 3.35. The lowest BCUT2D eigenvalue weighted by Gasteiger charge is -2.32. The van der Waals surface area contributed by atoms with Gasteiger partial charge in [-0.05, 0) is 37.1 Å². The Morgan fingerprint density at radius 1 is 1.48 bits per heavy atom. The number of thiazole rings is 1. The number of amides is 1. The average molecular weight is 362 g/mol. The van der Waals surface area contributed by atoms with E-state index in [1.54, 1.807) is 24.8 Å². The van der Waals surface area contributed by atoms with Gasteiger partial charge in [-0.2, -0.15) is 0 Å². The van der Waals surface area contributed by atoms with Crippen LogP contribution >= 0.6 is 11.3 Å². The van der Waals surface area contributed by atoms with Crippen molar-refractivity contribution in [1.82, 2.24) is 10.3 Å². The number of methoxy groups -OCH3 is 1. The fraction of sp³-hybridized carbons (Fsp3) is 0.444. The lowest BCUT2D eigenvalue weighted by atomic mass is 10.0. The Kier molecular flexibility index (Phi) is 6.01. The van der Waals surface area contributed by atoms with Gasteiger partial charge in [0.15, 0.2) is 0 Å². The Morgan fingerprint density at radius 2 is 2.36 bits per heavy atom. The van der Waals surface area contributed by atoms with Crippen LogP contribution in [0.1, 0.15) is 28.0 Å². The van der Waals surface area contributed by atoms with Gasteiger partial charge < -0.3 is 19.5 Å². The zero-order valence-electron chi connectivity index (χ0n) is 14.4. The van der Waals surface area contributed by atoms with E-state index < -0.39 is 0 Å². The summed E-state index contributed by atoms with van der Waals surface area (Å²) in [5.41, 5.74) is 4.20. The van der Waals surface area contributed by atoms with Crippen LogP contribution in [0, 0.1) is 6.92 Å². The van der Waals surface area contributed by atoms with E-state index in [1.165, 1.54) is 11.3 Å². The Bertz CT molecular complexity index is 705. The van der Waals surface area contributed by atoms with Crippen molar-refractivity contribution in [2.75, 3.05) is 20.3 Å². The van der Waals surface area contributed by atoms with E-state index in [4.69, 9.17) is 14.2 Å². The first-order valence-corrected chi connectivity index (χ1v) is 9.13. The molecule has 134 valence electrons. The number of rotatable bonds is 6. The highest BCUT2D eigenvalue weighted by atomic mass is 32.1. The van der Waals surface area contributed by atoms with Crippen LogP contribution in [0.2, 0.25) is 0 Å². The molecule has 1 fully saturated rings. The number of ether oxygens (including phenoxy) is 3. The molecule has 3 rings (SSSR count). The number of carbonyl (C=O) groups excluding carboxylic acids is 1. The molecule has 1 aliphatic rings. The van der Waals surface area contributed by atoms with Crippen molar-refractivity contribution < 1.29 is 19.0 Å². The smallest absolute Gasteiger partial charge is 0.251 e. The van der Waals surface area contributed by atoms with Crippen molar-refractivity contribution in [2.45, 2.75) is 32.1 Å². The van der Waals surface area contributed by atoms with Crippen molar-refractivity contribution in [3.8, 4) is 5.75 Å². The molecule has 0 aliphatic carbocycles. The van der Waals surface area contributed by atoms with Crippen LogP contribution < -0.4 is 10.1 Å². The number of aryl methyl sites for hydroxylation is 1. The maximum atomic E-state index is 12.7. The third-order valence-electron chi connectivity index (χ3n) is 4.23. The van der Waals surface area contributed by atoms with Gasteiger partial charge in [0.2, 0.25) is 0 Å². The Balaban J connectivity index is 1.63. The lowest BCUT2D eigenvalue weighted by molar-refractivity contribution is -0.0742. The van der Waals surface area contributed by atoms with Crippen LogP contribution in [0.25, 0.3) is 0 Å². The van der Waals surface area contributed by atoms with Gasteiger partial charge in [0.25, 0.3) is 5.91 Å². The molecule has 1 saturated heterocycles. The van der Waals surface area contributed by atoms with Gasteiger partial charge in [-0.3, -0.25) is 4.79 Å². The summed E-state index contributed by atoms with van der Waals surface area (Å²) < 4.78 is 16.6. The first-order chi connectivity index (χ1) is 12.2. The highest BCUT2D eigenvalue weighted by Crippen LogP contribution is 2.19. The Morgan fingerprint density at radius 3 is 3.08 bits per heavy atom. The van der Waals surface area contributed by atoms with E-state index >= 15 is 0 Å². The first-order valence-electron chi connectivity index (χ1n) is 8.19. The second-order valence-corrected chi connectivity index (χ2v) is 6.67. The van der Waals surface area contributed by atoms with Gasteiger partial charge in [-0.25, -0.2) is 4.98 Å². The van der Waals surface area contributed by atoms with E-state index in [9.17, 15) is 4.79 Å². The summed E-state index contributed by atoms with van der Waals surface area (Å²) in [6, 6.07) is 5.35. The number of aromatic nitrogens is 1. The monoisotopic (exact) mass is 362 g/mol. The predicted octanol–water partition coefficient (Wildman–Crippen LogP) is 2.56. The van der Waals surface area contributed by atoms with Crippen LogP contribution in [0.4, 0.5) is 0 Å². The summed E-state index contributed by atoms with van der Waals surface area (Å²) in [6.07, 6.45) is 0.542. The second kappa shape index (κ2) is 8.42. The fourth-order valence-electron chi connectivity index (χ4n) is 2.81. The molecule has 6 nitrogen and oxygen atoms in total. The molecule has 0 unspecified atom stereocenters. The molecule has 2 atom stereocenters. The van der Waals surface area contributed by atoms with E-state index in [0.717, 1.165) is 23.4 Å². The van der Waals surface area contributed by atoms with Crippen molar-refractivity contribution in [3.63, 3.8) is 0 Å². The number of nitrogens with zero attached hydrogens (tertiary/aromatic N) is 1. The number of nitrogens with one attached hydrogen (secondary N) is 1. The molecule has 25 heavy (non-hydrogen) atoms. The topological polar surface area (TPSA) is 69.7 Å². The molecular weight excluding hydrogens is 340 g/mol. The van der Waals surface area contributed by atoms with Crippen molar-refractivity contribution in [1.29, 1.82) is 0 Å². The Hall–Kier alpha value is -1.96. The van der Waals surface area contributed by atoms with Gasteiger partial charge in [0, 0.05) is 17.6 Å². The van der Waals surface area contributed by atoms with E-state index in [-0.39, 0.29) is 18.1 Å². The number of hydrogen-bond acceptors (Lipinski definition) is 6. The van der Waals surface area contributed by atoms with Crippen molar-refractivity contribution in [3.05, 3.63) is 45.9 Å². The molecule has 1 aromatic heterocycles. The minimum Gasteiger partial charge on any atom is -0.497 e. The summed E-state index contributed by atoms with van der Waals surface area (Å²) in [6.45, 7) is 3.41. The molecule has 1 N–H and O–H groups in total. The summed E-state index contributed by atoms with van der Waals surface area (Å²) in [4.78, 5) is 16.9. The van der Waals surface area contributed by atoms with Crippen LogP contribution in [-0.2, 0) is 16.1 Å². The molecule has 1 aliphatic heterocycles. The van der Waals surface area contributed by atoms with Gasteiger partial charge in [-0.1, -0.05) is 0 Å². The molecular formula is C18H22N2O4S. The zero-order chi connectivity index (χ0) is 17.6. The Labute approximate surface area is 151 Å². The average Bonchev–Trinajstić information content (AvgIpc) is 3.14. The molecule has 1 amide bonds. The maximum absolute atomic E-state index is 12.7. The third-order valence-corrected chi connectivity index (χ3v) is 4.86. The third kappa shape index (κ3) is 4.56. The van der Waals surface area contributed by atoms with E-state index in [1.807, 2.05) is 18.4 Å². The van der Waals surface area contributed by atoms with Crippen molar-refractivity contribution >= 4 is 17.2 Å². The molecule has 2 heterocycles. The summed E-state index contributed by atoms with van der Waals surface area (Å²) in [7, 11) is 1.61. The molecule has 0 saturated carbocycles. The summed E-state index contributed by atoms with van der Waals surface area (Å²) in [5.74, 6) is 0.638. The van der Waals surface area contributed by atoms with Crippen LogP contribution in [0.5, 0.6) is 5.75 Å². The molecule has 7 heteroatoms. The highest BCUT2D eigenvalue weighted by molar-refractivity contribution is 7.07. The minimum atomic E-state index is -0.182. The summed E-state index contributed by atoms with van der Waals surface area (Å²) in [5, 5.41) is 5.05. The zero-order valence-corrected chi connectivity index (χ0v) is 15.2. The van der Waals surface area contributed by atoms with Crippen LogP contribution in [-0.4, -0.2) is 43.4 Å². The SMILES string of the molecule is COc1ccc(C(=O)N[C@@H]2CCOC[C@H]2OCc2cscn2)c(C)c1. The predicted molar refractivity (Wildman–Crippen MR) is 95.1 cm³/mol. The van der Waals surface area contributed by atoms with E-state index in [0.29, 0.717) is 25.4 Å². The lowest BCUT2D eigenvalue weighted by Crippen LogP contribution is -2.50. The number of hydrogen-bond donors (Lipinski definition) is 1. The first kappa shape index (κ1) is 17.8. The molecule has 1 aromatic carbocycles. The van der Waals surface area contributed by atoms with E-state index in [2.05, 4.69) is 10.3 Å². The van der Waals surface area contributed by atoms with Gasteiger partial charge in [-0.15, -0.1) is 11.3 Å². The van der Waals surface area contributed by atoms with Crippen molar-refractivity contribution in [2.24, 2.45) is 0 Å². The second-order valence-electron chi connectivity index (χ2n) is 5.95. The quantitative estimate of drug-likeness (QED) is 0.855. The molecule has 0 spiro atoms. The largest absolute Gasteiger partial charge is 0.497 e. The maximum Gasteiger partial charge on any atom is 0.251 e. The normalized spacial score (nSPS) is 20.2. The highest BCUT2D eigenvalue weighted by Gasteiger charge is 2.28. The van der Waals surface area contributed by atoms with Gasteiger partial charge >= 0.3 is 0 Å². The molecule has 0 radical (unpaired) electrons. The van der Waals surface area contributed by atoms with Crippen LogP contribution in [0.3, 0.4) is 0 Å². The number of benzene rings is 1. The minimum absolute atomic E-state index is 0.0820. The van der Waals surface area contributed by atoms with Gasteiger partial charge in [0.05, 0.1) is 37.6 Å². The van der Waals surface area contributed by atoms with Crippen LogP contribution in [0.15, 0.2) is 29.1 Å². The summed E-state index contributed by atoms with van der Waals surface area (Å²) >= 11 is 1.54.